The lowest BCUT2D eigenvalue weighted by Gasteiger charge is -2.01. The smallest absolute Gasteiger partial charge is 0.221 e. The van der Waals surface area contributed by atoms with E-state index in [0.717, 1.165) is 10.9 Å². The zero-order valence-electron chi connectivity index (χ0n) is 13.6. The predicted molar refractivity (Wildman–Crippen MR) is 93.7 cm³/mol. The SMILES string of the molecule is COc1cccc2cc(C(=O)/C=C/c3cccc(OCC#N)c3)oc12. The molecule has 0 radical (unpaired) electrons. The third-order valence-electron chi connectivity index (χ3n) is 3.56. The maximum absolute atomic E-state index is 12.3. The molecule has 5 heteroatoms. The van der Waals surface area contributed by atoms with Crippen molar-refractivity contribution in [1.29, 1.82) is 5.26 Å². The van der Waals surface area contributed by atoms with E-state index in [0.29, 0.717) is 17.1 Å². The number of ketones is 1. The average Bonchev–Trinajstić information content (AvgIpc) is 3.09. The molecular weight excluding hydrogens is 318 g/mol. The number of allylic oxidation sites excluding steroid dienone is 1. The van der Waals surface area contributed by atoms with Gasteiger partial charge in [-0.2, -0.15) is 5.26 Å². The Hall–Kier alpha value is -3.52. The Labute approximate surface area is 144 Å². The highest BCUT2D eigenvalue weighted by atomic mass is 16.5. The Morgan fingerprint density at radius 1 is 1.24 bits per heavy atom. The molecule has 0 amide bonds. The molecule has 0 unspecified atom stereocenters. The minimum absolute atomic E-state index is 0.0209. The van der Waals surface area contributed by atoms with E-state index in [1.807, 2.05) is 24.3 Å². The highest BCUT2D eigenvalue weighted by Crippen LogP contribution is 2.28. The number of fused-ring (bicyclic) bond motifs is 1. The van der Waals surface area contributed by atoms with E-state index in [2.05, 4.69) is 0 Å². The second-order valence-corrected chi connectivity index (χ2v) is 5.21. The van der Waals surface area contributed by atoms with Crippen LogP contribution in [0.4, 0.5) is 0 Å². The summed E-state index contributed by atoms with van der Waals surface area (Å²) in [5.41, 5.74) is 1.34. The largest absolute Gasteiger partial charge is 0.493 e. The van der Waals surface area contributed by atoms with Crippen LogP contribution in [0.3, 0.4) is 0 Å². The van der Waals surface area contributed by atoms with Crippen molar-refractivity contribution < 1.29 is 18.7 Å². The number of carbonyl (C=O) groups excluding carboxylic acids is 1. The number of furan rings is 1. The van der Waals surface area contributed by atoms with Gasteiger partial charge < -0.3 is 13.9 Å². The minimum atomic E-state index is -0.249. The van der Waals surface area contributed by atoms with Gasteiger partial charge in [0.15, 0.2) is 23.7 Å². The van der Waals surface area contributed by atoms with Gasteiger partial charge in [0, 0.05) is 5.39 Å². The number of methoxy groups -OCH3 is 1. The van der Waals surface area contributed by atoms with Gasteiger partial charge in [0.1, 0.15) is 11.8 Å². The van der Waals surface area contributed by atoms with Crippen molar-refractivity contribution in [1.82, 2.24) is 0 Å². The van der Waals surface area contributed by atoms with Crippen LogP contribution in [-0.4, -0.2) is 19.5 Å². The lowest BCUT2D eigenvalue weighted by molar-refractivity contribution is 0.102. The Bertz CT molecular complexity index is 979. The first kappa shape index (κ1) is 16.3. The van der Waals surface area contributed by atoms with Crippen molar-refractivity contribution in [2.45, 2.75) is 0 Å². The number of rotatable bonds is 6. The zero-order chi connectivity index (χ0) is 17.6. The summed E-state index contributed by atoms with van der Waals surface area (Å²) in [6.45, 7) is -0.0209. The van der Waals surface area contributed by atoms with Gasteiger partial charge in [-0.3, -0.25) is 4.79 Å². The van der Waals surface area contributed by atoms with Crippen molar-refractivity contribution in [2.75, 3.05) is 13.7 Å². The molecule has 0 atom stereocenters. The lowest BCUT2D eigenvalue weighted by Crippen LogP contribution is -1.93. The molecule has 25 heavy (non-hydrogen) atoms. The van der Waals surface area contributed by atoms with Gasteiger partial charge in [0.05, 0.1) is 7.11 Å². The normalized spacial score (nSPS) is 10.7. The molecule has 1 aromatic heterocycles. The van der Waals surface area contributed by atoms with Crippen LogP contribution >= 0.6 is 0 Å². The fourth-order valence-corrected chi connectivity index (χ4v) is 2.40. The summed E-state index contributed by atoms with van der Waals surface area (Å²) in [5.74, 6) is 1.15. The van der Waals surface area contributed by atoms with E-state index in [9.17, 15) is 4.79 Å². The summed E-state index contributed by atoms with van der Waals surface area (Å²) in [6, 6.07) is 16.2. The summed E-state index contributed by atoms with van der Waals surface area (Å²) in [6.07, 6.45) is 3.11. The van der Waals surface area contributed by atoms with Crippen molar-refractivity contribution in [2.24, 2.45) is 0 Å². The second kappa shape index (κ2) is 7.37. The summed E-state index contributed by atoms with van der Waals surface area (Å²) in [5, 5.41) is 9.35. The molecule has 0 aliphatic carbocycles. The third-order valence-corrected chi connectivity index (χ3v) is 3.56. The Balaban J connectivity index is 1.80. The van der Waals surface area contributed by atoms with Gasteiger partial charge in [0.2, 0.25) is 5.78 Å². The molecule has 0 bridgehead atoms. The summed E-state index contributed by atoms with van der Waals surface area (Å²) < 4.78 is 16.1. The minimum Gasteiger partial charge on any atom is -0.493 e. The van der Waals surface area contributed by atoms with E-state index in [1.54, 1.807) is 43.5 Å². The number of para-hydroxylation sites is 1. The quantitative estimate of drug-likeness (QED) is 0.498. The molecule has 1 heterocycles. The molecule has 0 aliphatic rings. The molecule has 0 aliphatic heterocycles. The van der Waals surface area contributed by atoms with Crippen LogP contribution in [0.1, 0.15) is 16.1 Å². The number of hydrogen-bond acceptors (Lipinski definition) is 5. The van der Waals surface area contributed by atoms with Gasteiger partial charge in [-0.1, -0.05) is 30.3 Å². The van der Waals surface area contributed by atoms with Gasteiger partial charge >= 0.3 is 0 Å². The standard InChI is InChI=1S/C20H15NO4/c1-23-18-7-3-5-15-13-19(25-20(15)18)17(22)9-8-14-4-2-6-16(12-14)24-11-10-21/h2-9,12-13H,11H2,1H3/b9-8+. The molecule has 3 rings (SSSR count). The first-order valence-electron chi connectivity index (χ1n) is 7.60. The van der Waals surface area contributed by atoms with Crippen LogP contribution in [0, 0.1) is 11.3 Å². The second-order valence-electron chi connectivity index (χ2n) is 5.21. The summed E-state index contributed by atoms with van der Waals surface area (Å²) in [4.78, 5) is 12.3. The van der Waals surface area contributed by atoms with Crippen LogP contribution in [0.15, 0.2) is 59.0 Å². The van der Waals surface area contributed by atoms with Gasteiger partial charge in [-0.05, 0) is 35.9 Å². The Kier molecular flexibility index (Phi) is 4.82. The summed E-state index contributed by atoms with van der Waals surface area (Å²) in [7, 11) is 1.56. The van der Waals surface area contributed by atoms with Gasteiger partial charge in [-0.15, -0.1) is 0 Å². The van der Waals surface area contributed by atoms with Crippen molar-refractivity contribution in [3.63, 3.8) is 0 Å². The van der Waals surface area contributed by atoms with E-state index >= 15 is 0 Å². The monoisotopic (exact) mass is 333 g/mol. The maximum Gasteiger partial charge on any atom is 0.221 e. The van der Waals surface area contributed by atoms with Crippen LogP contribution in [0.2, 0.25) is 0 Å². The van der Waals surface area contributed by atoms with Crippen LogP contribution < -0.4 is 9.47 Å². The van der Waals surface area contributed by atoms with Gasteiger partial charge in [0.25, 0.3) is 0 Å². The molecule has 2 aromatic carbocycles. The number of ether oxygens (including phenoxy) is 2. The molecule has 5 nitrogen and oxygen atoms in total. The Morgan fingerprint density at radius 2 is 2.08 bits per heavy atom. The van der Waals surface area contributed by atoms with Crippen LogP contribution in [-0.2, 0) is 0 Å². The fourth-order valence-electron chi connectivity index (χ4n) is 2.40. The topological polar surface area (TPSA) is 72.5 Å². The number of nitriles is 1. The lowest BCUT2D eigenvalue weighted by atomic mass is 10.1. The van der Waals surface area contributed by atoms with Crippen LogP contribution in [0.25, 0.3) is 17.0 Å². The van der Waals surface area contributed by atoms with Crippen molar-refractivity contribution in [3.05, 3.63) is 65.9 Å². The molecule has 3 aromatic rings. The molecule has 0 spiro atoms. The number of carbonyl (C=O) groups is 1. The molecule has 0 saturated carbocycles. The predicted octanol–water partition coefficient (Wildman–Crippen LogP) is 4.24. The van der Waals surface area contributed by atoms with E-state index in [1.165, 1.54) is 6.08 Å². The van der Waals surface area contributed by atoms with Crippen molar-refractivity contribution >= 4 is 22.8 Å². The highest BCUT2D eigenvalue weighted by Gasteiger charge is 2.12. The fraction of sp³-hybridized carbons (Fsp3) is 0.100. The highest BCUT2D eigenvalue weighted by molar-refractivity contribution is 6.07. The third kappa shape index (κ3) is 3.70. The first-order valence-corrected chi connectivity index (χ1v) is 7.60. The molecule has 0 saturated heterocycles. The number of hydrogen-bond donors (Lipinski definition) is 0. The molecule has 124 valence electrons. The molecule has 0 fully saturated rings. The van der Waals surface area contributed by atoms with Crippen LogP contribution in [0.5, 0.6) is 11.5 Å². The van der Waals surface area contributed by atoms with E-state index in [4.69, 9.17) is 19.2 Å². The van der Waals surface area contributed by atoms with E-state index in [-0.39, 0.29) is 18.2 Å². The summed E-state index contributed by atoms with van der Waals surface area (Å²) >= 11 is 0. The maximum atomic E-state index is 12.3. The van der Waals surface area contributed by atoms with Gasteiger partial charge in [-0.25, -0.2) is 0 Å². The molecule has 0 N–H and O–H groups in total. The zero-order valence-corrected chi connectivity index (χ0v) is 13.6. The number of nitrogens with zero attached hydrogens (tertiary/aromatic N) is 1. The molecular formula is C20H15NO4. The van der Waals surface area contributed by atoms with E-state index < -0.39 is 0 Å². The Morgan fingerprint density at radius 3 is 2.88 bits per heavy atom. The first-order chi connectivity index (χ1) is 12.2. The number of benzene rings is 2. The van der Waals surface area contributed by atoms with Crippen molar-refractivity contribution in [3.8, 4) is 17.6 Å². The average molecular weight is 333 g/mol.